The number of hydrogen-bond acceptors (Lipinski definition) is 6. The Morgan fingerprint density at radius 2 is 1.93 bits per heavy atom. The Morgan fingerprint density at radius 1 is 1.23 bits per heavy atom. The van der Waals surface area contributed by atoms with Crippen molar-refractivity contribution in [3.63, 3.8) is 0 Å². The van der Waals surface area contributed by atoms with Crippen LogP contribution in [0.5, 0.6) is 5.75 Å². The maximum absolute atomic E-state index is 12.6. The Kier molecular flexibility index (Phi) is 5.39. The standard InChI is InChI=1S/C20H26F3N5O2/c1-11(2)28-16(18-13-9-27(4-5-29-3)10-14(13)18)7-15(26-28)12-6-17(19(24)25-8-12)30-20(21,22)23/h6-8,11,13-14,18H,4-5,9-10H2,1-3H3,(H2,24,25)/t13-,14+,18-. The number of piperidine rings is 1. The molecule has 0 amide bonds. The van der Waals surface area contributed by atoms with Gasteiger partial charge < -0.3 is 20.1 Å². The molecule has 3 heterocycles. The van der Waals surface area contributed by atoms with Crippen LogP contribution in [-0.2, 0) is 4.74 Å². The van der Waals surface area contributed by atoms with Crippen LogP contribution in [0.1, 0.15) is 31.5 Å². The van der Waals surface area contributed by atoms with E-state index in [0.29, 0.717) is 29.0 Å². The van der Waals surface area contributed by atoms with Crippen molar-refractivity contribution in [2.45, 2.75) is 32.2 Å². The molecule has 164 valence electrons. The van der Waals surface area contributed by atoms with Crippen molar-refractivity contribution in [2.24, 2.45) is 11.8 Å². The molecule has 30 heavy (non-hydrogen) atoms. The van der Waals surface area contributed by atoms with Gasteiger partial charge >= 0.3 is 6.36 Å². The van der Waals surface area contributed by atoms with Crippen molar-refractivity contribution in [3.05, 3.63) is 24.0 Å². The third kappa shape index (κ3) is 4.11. The number of alkyl halides is 3. The molecule has 2 aliphatic rings. The molecule has 2 fully saturated rings. The molecule has 2 aromatic rings. The third-order valence-corrected chi connectivity index (χ3v) is 5.88. The second kappa shape index (κ2) is 7.73. The van der Waals surface area contributed by atoms with Crippen molar-refractivity contribution in [1.29, 1.82) is 0 Å². The van der Waals surface area contributed by atoms with Crippen molar-refractivity contribution in [3.8, 4) is 17.0 Å². The van der Waals surface area contributed by atoms with Gasteiger partial charge in [-0.1, -0.05) is 0 Å². The maximum Gasteiger partial charge on any atom is 0.573 e. The van der Waals surface area contributed by atoms with E-state index < -0.39 is 12.1 Å². The highest BCUT2D eigenvalue weighted by atomic mass is 19.4. The Balaban J connectivity index is 1.57. The van der Waals surface area contributed by atoms with E-state index >= 15 is 0 Å². The number of methoxy groups -OCH3 is 1. The average Bonchev–Trinajstić information content (AvgIpc) is 3.03. The molecule has 4 rings (SSSR count). The quantitative estimate of drug-likeness (QED) is 0.734. The van der Waals surface area contributed by atoms with Crippen molar-refractivity contribution in [2.75, 3.05) is 39.1 Å². The molecular weight excluding hydrogens is 399 g/mol. The van der Waals surface area contributed by atoms with Gasteiger partial charge in [0.15, 0.2) is 11.6 Å². The average molecular weight is 425 g/mol. The predicted octanol–water partition coefficient (Wildman–Crippen LogP) is 3.30. The summed E-state index contributed by atoms with van der Waals surface area (Å²) in [5, 5.41) is 4.67. The van der Waals surface area contributed by atoms with Gasteiger partial charge in [-0.25, -0.2) is 4.98 Å². The second-order valence-electron chi connectivity index (χ2n) is 8.25. The van der Waals surface area contributed by atoms with E-state index in [4.69, 9.17) is 10.5 Å². The molecule has 0 radical (unpaired) electrons. The zero-order valence-corrected chi connectivity index (χ0v) is 17.2. The summed E-state index contributed by atoms with van der Waals surface area (Å²) in [6.45, 7) is 7.81. The molecule has 1 aliphatic heterocycles. The summed E-state index contributed by atoms with van der Waals surface area (Å²) in [6.07, 6.45) is -3.41. The largest absolute Gasteiger partial charge is 0.573 e. The fourth-order valence-electron chi connectivity index (χ4n) is 4.47. The lowest BCUT2D eigenvalue weighted by atomic mass is 10.1. The molecule has 1 saturated carbocycles. The monoisotopic (exact) mass is 425 g/mol. The lowest BCUT2D eigenvalue weighted by molar-refractivity contribution is -0.274. The predicted molar refractivity (Wildman–Crippen MR) is 105 cm³/mol. The van der Waals surface area contributed by atoms with Crippen molar-refractivity contribution < 1.29 is 22.6 Å². The fraction of sp³-hybridized carbons (Fsp3) is 0.600. The van der Waals surface area contributed by atoms with E-state index in [1.807, 2.05) is 24.6 Å². The molecule has 3 atom stereocenters. The molecular formula is C20H26F3N5O2. The topological polar surface area (TPSA) is 78.4 Å². The van der Waals surface area contributed by atoms with E-state index in [-0.39, 0.29) is 11.9 Å². The van der Waals surface area contributed by atoms with Gasteiger partial charge in [-0.05, 0) is 37.8 Å². The first kappa shape index (κ1) is 20.9. The SMILES string of the molecule is COCCN1C[C@@H]2[C@H](C1)[C@@H]2c1cc(-c2cnc(N)c(OC(F)(F)F)c2)nn1C(C)C. The number of likely N-dealkylation sites (tertiary alicyclic amines) is 1. The van der Waals surface area contributed by atoms with Crippen LogP contribution in [0.3, 0.4) is 0 Å². The van der Waals surface area contributed by atoms with E-state index in [2.05, 4.69) is 19.7 Å². The van der Waals surface area contributed by atoms with Crippen LogP contribution in [0.25, 0.3) is 11.3 Å². The van der Waals surface area contributed by atoms with Gasteiger partial charge in [-0.2, -0.15) is 5.10 Å². The third-order valence-electron chi connectivity index (χ3n) is 5.88. The molecule has 2 N–H and O–H groups in total. The van der Waals surface area contributed by atoms with Gasteiger partial charge in [-0.15, -0.1) is 13.2 Å². The number of ether oxygens (including phenoxy) is 2. The fourth-order valence-corrected chi connectivity index (χ4v) is 4.47. The lowest BCUT2D eigenvalue weighted by Gasteiger charge is -2.19. The normalized spacial score (nSPS) is 23.8. The summed E-state index contributed by atoms with van der Waals surface area (Å²) < 4.78 is 49.1. The van der Waals surface area contributed by atoms with E-state index in [9.17, 15) is 13.2 Å². The molecule has 10 heteroatoms. The van der Waals surface area contributed by atoms with Crippen LogP contribution in [0.15, 0.2) is 18.3 Å². The number of nitrogens with zero attached hydrogens (tertiary/aromatic N) is 4. The van der Waals surface area contributed by atoms with Gasteiger partial charge in [0.25, 0.3) is 0 Å². The number of rotatable bonds is 7. The summed E-state index contributed by atoms with van der Waals surface area (Å²) in [5.74, 6) is 0.750. The molecule has 7 nitrogen and oxygen atoms in total. The number of anilines is 1. The second-order valence-corrected chi connectivity index (χ2v) is 8.25. The smallest absolute Gasteiger partial charge is 0.402 e. The maximum atomic E-state index is 12.6. The zero-order chi connectivity index (χ0) is 21.6. The van der Waals surface area contributed by atoms with Gasteiger partial charge in [-0.3, -0.25) is 4.68 Å². The van der Waals surface area contributed by atoms with Gasteiger partial charge in [0.2, 0.25) is 0 Å². The number of nitrogen functional groups attached to an aromatic ring is 1. The van der Waals surface area contributed by atoms with Gasteiger partial charge in [0.05, 0.1) is 12.3 Å². The van der Waals surface area contributed by atoms with Gasteiger partial charge in [0.1, 0.15) is 0 Å². The minimum Gasteiger partial charge on any atom is -0.402 e. The molecule has 0 bridgehead atoms. The van der Waals surface area contributed by atoms with Crippen LogP contribution < -0.4 is 10.5 Å². The molecule has 0 spiro atoms. The van der Waals surface area contributed by atoms with Crippen molar-refractivity contribution >= 4 is 5.82 Å². The summed E-state index contributed by atoms with van der Waals surface area (Å²) in [7, 11) is 1.71. The summed E-state index contributed by atoms with van der Waals surface area (Å²) in [5.41, 5.74) is 7.68. The molecule has 2 aromatic heterocycles. The first-order valence-corrected chi connectivity index (χ1v) is 10.00. The van der Waals surface area contributed by atoms with Crippen LogP contribution in [0.4, 0.5) is 19.0 Å². The molecule has 0 unspecified atom stereocenters. The molecule has 0 aromatic carbocycles. The van der Waals surface area contributed by atoms with E-state index in [0.717, 1.165) is 31.9 Å². The Labute approximate surface area is 173 Å². The van der Waals surface area contributed by atoms with Crippen LogP contribution in [0, 0.1) is 11.8 Å². The number of aromatic nitrogens is 3. The first-order valence-electron chi connectivity index (χ1n) is 10.00. The minimum absolute atomic E-state index is 0.132. The minimum atomic E-state index is -4.84. The van der Waals surface area contributed by atoms with Gasteiger partial charge in [0, 0.05) is 56.2 Å². The molecule has 1 saturated heterocycles. The highest BCUT2D eigenvalue weighted by Crippen LogP contribution is 2.58. The number of fused-ring (bicyclic) bond motifs is 1. The van der Waals surface area contributed by atoms with Crippen molar-refractivity contribution in [1.82, 2.24) is 19.7 Å². The van der Waals surface area contributed by atoms with E-state index in [1.165, 1.54) is 12.3 Å². The highest BCUT2D eigenvalue weighted by molar-refractivity contribution is 5.64. The number of hydrogen-bond donors (Lipinski definition) is 1. The zero-order valence-electron chi connectivity index (χ0n) is 17.2. The van der Waals surface area contributed by atoms with Crippen LogP contribution >= 0.6 is 0 Å². The summed E-state index contributed by atoms with van der Waals surface area (Å²) in [4.78, 5) is 6.28. The first-order chi connectivity index (χ1) is 14.2. The Morgan fingerprint density at radius 3 is 2.53 bits per heavy atom. The Bertz CT molecular complexity index is 902. The van der Waals surface area contributed by atoms with Crippen LogP contribution in [0.2, 0.25) is 0 Å². The number of halogens is 3. The highest BCUT2D eigenvalue weighted by Gasteiger charge is 2.57. The lowest BCUT2D eigenvalue weighted by Crippen LogP contribution is -2.28. The summed E-state index contributed by atoms with van der Waals surface area (Å²) >= 11 is 0. The number of nitrogens with two attached hydrogens (primary N) is 1. The van der Waals surface area contributed by atoms with E-state index in [1.54, 1.807) is 7.11 Å². The summed E-state index contributed by atoms with van der Waals surface area (Å²) in [6, 6.07) is 3.34. The Hall–Kier alpha value is -2.33. The number of pyridine rings is 1. The molecule has 1 aliphatic carbocycles. The van der Waals surface area contributed by atoms with Crippen LogP contribution in [-0.4, -0.2) is 59.4 Å².